The Morgan fingerprint density at radius 2 is 2.00 bits per heavy atom. The van der Waals surface area contributed by atoms with Crippen molar-refractivity contribution < 1.29 is 9.90 Å². The van der Waals surface area contributed by atoms with Gasteiger partial charge in [0.2, 0.25) is 0 Å². The molecule has 2 aromatic rings. The van der Waals surface area contributed by atoms with E-state index < -0.39 is 6.23 Å². The minimum Gasteiger partial charge on any atom is -0.374 e. The van der Waals surface area contributed by atoms with Gasteiger partial charge < -0.3 is 15.7 Å². The summed E-state index contributed by atoms with van der Waals surface area (Å²) >= 11 is 0. The summed E-state index contributed by atoms with van der Waals surface area (Å²) in [5, 5.41) is 18.9. The molecule has 0 aliphatic heterocycles. The number of hydrogen-bond acceptors (Lipinski definition) is 4. The summed E-state index contributed by atoms with van der Waals surface area (Å²) in [7, 11) is 0. The molecule has 0 saturated heterocycles. The molecule has 29 heavy (non-hydrogen) atoms. The molecular formula is C23H28N4O2. The normalized spacial score (nSPS) is 16.0. The second kappa shape index (κ2) is 9.49. The highest BCUT2D eigenvalue weighted by molar-refractivity contribution is 5.89. The van der Waals surface area contributed by atoms with Crippen LogP contribution in [-0.4, -0.2) is 22.7 Å². The van der Waals surface area contributed by atoms with Gasteiger partial charge in [-0.05, 0) is 41.2 Å². The maximum atomic E-state index is 12.1. The minimum atomic E-state index is -0.777. The number of aliphatic hydroxyl groups excluding tert-OH is 1. The molecule has 6 nitrogen and oxygen atoms in total. The van der Waals surface area contributed by atoms with Crippen LogP contribution < -0.4 is 16.0 Å². The first-order valence-corrected chi connectivity index (χ1v) is 9.75. The van der Waals surface area contributed by atoms with E-state index >= 15 is 0 Å². The van der Waals surface area contributed by atoms with E-state index in [0.29, 0.717) is 24.3 Å². The van der Waals surface area contributed by atoms with Gasteiger partial charge >= 0.3 is 6.03 Å². The van der Waals surface area contributed by atoms with Crippen LogP contribution >= 0.6 is 0 Å². The van der Waals surface area contributed by atoms with E-state index in [0.717, 1.165) is 17.6 Å². The van der Waals surface area contributed by atoms with Crippen molar-refractivity contribution in [2.45, 2.75) is 33.0 Å². The Balaban J connectivity index is 1.42. The van der Waals surface area contributed by atoms with Gasteiger partial charge in [-0.3, -0.25) is 10.3 Å². The third kappa shape index (κ3) is 6.55. The molecule has 0 spiro atoms. The van der Waals surface area contributed by atoms with Gasteiger partial charge in [-0.15, -0.1) is 0 Å². The van der Waals surface area contributed by atoms with Crippen molar-refractivity contribution in [3.63, 3.8) is 0 Å². The number of benzene rings is 1. The minimum absolute atomic E-state index is 0.191. The Morgan fingerprint density at radius 1 is 1.21 bits per heavy atom. The summed E-state index contributed by atoms with van der Waals surface area (Å²) < 4.78 is 0. The third-order valence-corrected chi connectivity index (χ3v) is 4.80. The van der Waals surface area contributed by atoms with Crippen molar-refractivity contribution in [3.05, 3.63) is 83.7 Å². The average Bonchev–Trinajstić information content (AvgIpc) is 2.73. The van der Waals surface area contributed by atoms with E-state index in [1.165, 1.54) is 0 Å². The largest absolute Gasteiger partial charge is 0.374 e. The number of amides is 2. The second-order valence-corrected chi connectivity index (χ2v) is 7.88. The molecule has 1 unspecified atom stereocenters. The van der Waals surface area contributed by atoms with Gasteiger partial charge in [0.15, 0.2) is 0 Å². The maximum absolute atomic E-state index is 12.1. The lowest BCUT2D eigenvalue weighted by Gasteiger charge is -2.22. The first-order chi connectivity index (χ1) is 13.9. The molecule has 2 amide bonds. The lowest BCUT2D eigenvalue weighted by molar-refractivity contribution is 0.137. The highest BCUT2D eigenvalue weighted by Gasteiger charge is 2.16. The molecule has 0 radical (unpaired) electrons. The SMILES string of the molecule is CC1(C)C=CC(CNC(=O)Nc2ccc(CNC(O)c3cccnc3)cc2)=CC1. The first kappa shape index (κ1) is 20.8. The zero-order chi connectivity index (χ0) is 20.7. The number of rotatable bonds is 7. The summed E-state index contributed by atoms with van der Waals surface area (Å²) in [6.45, 7) is 5.39. The molecule has 0 bridgehead atoms. The van der Waals surface area contributed by atoms with Crippen molar-refractivity contribution in [2.75, 3.05) is 11.9 Å². The number of allylic oxidation sites excluding steroid dienone is 2. The molecule has 0 saturated carbocycles. The van der Waals surface area contributed by atoms with Crippen LogP contribution in [0.3, 0.4) is 0 Å². The van der Waals surface area contributed by atoms with Gasteiger partial charge in [-0.2, -0.15) is 0 Å². The predicted octanol–water partition coefficient (Wildman–Crippen LogP) is 3.90. The zero-order valence-electron chi connectivity index (χ0n) is 16.9. The van der Waals surface area contributed by atoms with Gasteiger partial charge in [0.05, 0.1) is 0 Å². The molecule has 3 rings (SSSR count). The van der Waals surface area contributed by atoms with Crippen LogP contribution in [0, 0.1) is 5.41 Å². The summed E-state index contributed by atoms with van der Waals surface area (Å²) in [4.78, 5) is 16.1. The lowest BCUT2D eigenvalue weighted by atomic mass is 9.84. The van der Waals surface area contributed by atoms with Crippen LogP contribution in [0.25, 0.3) is 0 Å². The molecule has 1 aromatic heterocycles. The number of carbonyl (C=O) groups is 1. The van der Waals surface area contributed by atoms with Crippen molar-refractivity contribution >= 4 is 11.7 Å². The maximum Gasteiger partial charge on any atom is 0.319 e. The summed E-state index contributed by atoms with van der Waals surface area (Å²) in [6.07, 6.45) is 9.92. The third-order valence-electron chi connectivity index (χ3n) is 4.80. The van der Waals surface area contributed by atoms with E-state index in [1.807, 2.05) is 30.3 Å². The quantitative estimate of drug-likeness (QED) is 0.539. The number of hydrogen-bond donors (Lipinski definition) is 4. The zero-order valence-corrected chi connectivity index (χ0v) is 16.9. The molecule has 4 N–H and O–H groups in total. The van der Waals surface area contributed by atoms with Crippen LogP contribution in [0.5, 0.6) is 0 Å². The number of nitrogens with one attached hydrogen (secondary N) is 3. The molecule has 1 atom stereocenters. The Hall–Kier alpha value is -2.96. The van der Waals surface area contributed by atoms with Crippen LogP contribution in [0.1, 0.15) is 37.6 Å². The van der Waals surface area contributed by atoms with E-state index in [1.54, 1.807) is 18.5 Å². The fourth-order valence-electron chi connectivity index (χ4n) is 2.93. The van der Waals surface area contributed by atoms with Crippen LogP contribution in [0.2, 0.25) is 0 Å². The number of nitrogens with zero attached hydrogens (tertiary/aromatic N) is 1. The topological polar surface area (TPSA) is 86.3 Å². The second-order valence-electron chi connectivity index (χ2n) is 7.88. The van der Waals surface area contributed by atoms with Crippen molar-refractivity contribution in [1.29, 1.82) is 0 Å². The Morgan fingerprint density at radius 3 is 2.66 bits per heavy atom. The van der Waals surface area contributed by atoms with Crippen LogP contribution in [-0.2, 0) is 6.54 Å². The van der Waals surface area contributed by atoms with Crippen molar-refractivity contribution in [2.24, 2.45) is 5.41 Å². The molecule has 0 fully saturated rings. The number of aromatic nitrogens is 1. The van der Waals surface area contributed by atoms with Gasteiger partial charge in [-0.1, -0.05) is 50.3 Å². The van der Waals surface area contributed by atoms with Gasteiger partial charge in [-0.25, -0.2) is 4.79 Å². The predicted molar refractivity (Wildman–Crippen MR) is 115 cm³/mol. The first-order valence-electron chi connectivity index (χ1n) is 9.75. The highest BCUT2D eigenvalue weighted by atomic mass is 16.3. The number of anilines is 1. The van der Waals surface area contributed by atoms with E-state index in [4.69, 9.17) is 0 Å². The molecule has 6 heteroatoms. The highest BCUT2D eigenvalue weighted by Crippen LogP contribution is 2.27. The van der Waals surface area contributed by atoms with Gasteiger partial charge in [0, 0.05) is 36.7 Å². The number of aliphatic hydroxyl groups is 1. The van der Waals surface area contributed by atoms with E-state index in [-0.39, 0.29) is 11.4 Å². The molecule has 1 aliphatic rings. The van der Waals surface area contributed by atoms with Crippen LogP contribution in [0.15, 0.2) is 72.6 Å². The molecule has 1 heterocycles. The molecular weight excluding hydrogens is 364 g/mol. The average molecular weight is 393 g/mol. The number of urea groups is 1. The van der Waals surface area contributed by atoms with Crippen molar-refractivity contribution in [1.82, 2.24) is 15.6 Å². The Labute approximate surface area is 171 Å². The summed E-state index contributed by atoms with van der Waals surface area (Å²) in [5.74, 6) is 0. The Bertz CT molecular complexity index is 874. The fourth-order valence-corrected chi connectivity index (χ4v) is 2.93. The fraction of sp³-hybridized carbons (Fsp3) is 0.304. The summed E-state index contributed by atoms with van der Waals surface area (Å²) in [6, 6.07) is 10.9. The Kier molecular flexibility index (Phi) is 6.80. The van der Waals surface area contributed by atoms with Gasteiger partial charge in [0.25, 0.3) is 0 Å². The lowest BCUT2D eigenvalue weighted by Crippen LogP contribution is -2.30. The van der Waals surface area contributed by atoms with Crippen LogP contribution in [0.4, 0.5) is 10.5 Å². The van der Waals surface area contributed by atoms with Crippen molar-refractivity contribution in [3.8, 4) is 0 Å². The monoisotopic (exact) mass is 392 g/mol. The smallest absolute Gasteiger partial charge is 0.319 e. The van der Waals surface area contributed by atoms with E-state index in [9.17, 15) is 9.90 Å². The summed E-state index contributed by atoms with van der Waals surface area (Å²) in [5.41, 5.74) is 3.74. The molecule has 1 aliphatic carbocycles. The van der Waals surface area contributed by atoms with E-state index in [2.05, 4.69) is 53.0 Å². The molecule has 1 aromatic carbocycles. The number of carbonyl (C=O) groups excluding carboxylic acids is 1. The number of pyridine rings is 1. The molecule has 152 valence electrons. The van der Waals surface area contributed by atoms with Gasteiger partial charge in [0.1, 0.15) is 6.23 Å². The standard InChI is InChI=1S/C23H28N4O2/c1-23(2)11-9-18(10-12-23)15-26-22(29)27-20-7-5-17(6-8-20)14-25-21(28)19-4-3-13-24-16-19/h3-11,13,16,21,25,28H,12,14-15H2,1-2H3,(H2,26,27,29).